The maximum atomic E-state index is 11.1. The van der Waals surface area contributed by atoms with Crippen LogP contribution in [0.1, 0.15) is 0 Å². The molecule has 0 saturated carbocycles. The van der Waals surface area contributed by atoms with Crippen molar-refractivity contribution >= 4 is 21.4 Å². The van der Waals surface area contributed by atoms with Crippen LogP contribution in [0.4, 0.5) is 0 Å². The van der Waals surface area contributed by atoms with E-state index in [9.17, 15) is 13.5 Å². The van der Waals surface area contributed by atoms with E-state index in [-0.39, 0.29) is 9.96 Å². The Balaban J connectivity index is 2.52. The first kappa shape index (κ1) is 11.1. The molecule has 0 radical (unpaired) electrons. The van der Waals surface area contributed by atoms with Gasteiger partial charge in [0, 0.05) is 10.4 Å². The van der Waals surface area contributed by atoms with Crippen LogP contribution in [0.3, 0.4) is 0 Å². The van der Waals surface area contributed by atoms with Gasteiger partial charge in [-0.2, -0.15) is 0 Å². The van der Waals surface area contributed by atoms with Gasteiger partial charge in [0.2, 0.25) is 10.0 Å². The second-order valence-corrected chi connectivity index (χ2v) is 6.05. The summed E-state index contributed by atoms with van der Waals surface area (Å²) < 4.78 is 22.3. The van der Waals surface area contributed by atoms with Gasteiger partial charge in [-0.1, -0.05) is 12.1 Å². The molecule has 0 bridgehead atoms. The molecule has 2 aromatic rings. The Morgan fingerprint density at radius 1 is 1.12 bits per heavy atom. The molecular weight excluding hydrogens is 246 g/mol. The second-order valence-electron chi connectivity index (χ2n) is 3.18. The largest absolute Gasteiger partial charge is 0.507 e. The van der Waals surface area contributed by atoms with Gasteiger partial charge in [-0.15, -0.1) is 11.3 Å². The molecule has 84 valence electrons. The van der Waals surface area contributed by atoms with Gasteiger partial charge in [-0.3, -0.25) is 0 Å². The van der Waals surface area contributed by atoms with Crippen molar-refractivity contribution in [2.75, 3.05) is 0 Å². The number of sulfonamides is 1. The Kier molecular flexibility index (Phi) is 2.71. The summed E-state index contributed by atoms with van der Waals surface area (Å²) in [6.07, 6.45) is 0. The Hall–Kier alpha value is -1.37. The Morgan fingerprint density at radius 2 is 1.81 bits per heavy atom. The van der Waals surface area contributed by atoms with E-state index < -0.39 is 10.0 Å². The van der Waals surface area contributed by atoms with Gasteiger partial charge < -0.3 is 5.11 Å². The molecule has 2 rings (SSSR count). The molecule has 0 aliphatic heterocycles. The zero-order valence-corrected chi connectivity index (χ0v) is 9.75. The summed E-state index contributed by atoms with van der Waals surface area (Å²) in [6, 6.07) is 9.79. The Bertz CT molecular complexity index is 616. The van der Waals surface area contributed by atoms with Crippen molar-refractivity contribution in [2.45, 2.75) is 4.21 Å². The van der Waals surface area contributed by atoms with Gasteiger partial charge in [0.05, 0.1) is 0 Å². The standard InChI is InChI=1S/C10H9NO3S2/c11-16(13,14)10-6-5-9(15-10)7-3-1-2-4-8(7)12/h1-6,12H,(H2,11,13,14). The molecule has 0 aliphatic carbocycles. The molecule has 0 saturated heterocycles. The summed E-state index contributed by atoms with van der Waals surface area (Å²) in [5, 5.41) is 14.6. The van der Waals surface area contributed by atoms with Crippen molar-refractivity contribution in [1.82, 2.24) is 0 Å². The summed E-state index contributed by atoms with van der Waals surface area (Å²) in [4.78, 5) is 0.669. The smallest absolute Gasteiger partial charge is 0.247 e. The first-order chi connectivity index (χ1) is 7.48. The van der Waals surface area contributed by atoms with Crippen LogP contribution in [0.5, 0.6) is 5.75 Å². The molecular formula is C10H9NO3S2. The molecule has 1 heterocycles. The highest BCUT2D eigenvalue weighted by atomic mass is 32.2. The molecule has 0 spiro atoms. The fourth-order valence-corrected chi connectivity index (χ4v) is 3.06. The third-order valence-electron chi connectivity index (χ3n) is 2.03. The molecule has 16 heavy (non-hydrogen) atoms. The molecule has 0 unspecified atom stereocenters. The number of benzene rings is 1. The fourth-order valence-electron chi connectivity index (χ4n) is 1.30. The van der Waals surface area contributed by atoms with E-state index in [4.69, 9.17) is 5.14 Å². The highest BCUT2D eigenvalue weighted by Gasteiger charge is 2.13. The van der Waals surface area contributed by atoms with E-state index in [0.29, 0.717) is 10.4 Å². The van der Waals surface area contributed by atoms with Crippen LogP contribution in [-0.4, -0.2) is 13.5 Å². The van der Waals surface area contributed by atoms with Crippen LogP contribution in [0.2, 0.25) is 0 Å². The second kappa shape index (κ2) is 3.89. The first-order valence-corrected chi connectivity index (χ1v) is 6.76. The molecule has 0 aliphatic rings. The van der Waals surface area contributed by atoms with Crippen LogP contribution in [0, 0.1) is 0 Å². The highest BCUT2D eigenvalue weighted by Crippen LogP contribution is 2.35. The average Bonchev–Trinajstić information content (AvgIpc) is 2.66. The molecule has 0 amide bonds. The van der Waals surface area contributed by atoms with Crippen molar-refractivity contribution in [1.29, 1.82) is 0 Å². The number of rotatable bonds is 2. The van der Waals surface area contributed by atoms with Crippen molar-refractivity contribution in [3.05, 3.63) is 36.4 Å². The molecule has 1 aromatic heterocycles. The average molecular weight is 255 g/mol. The summed E-state index contributed by atoms with van der Waals surface area (Å²) in [5.41, 5.74) is 0.599. The minimum atomic E-state index is -3.67. The maximum absolute atomic E-state index is 11.1. The van der Waals surface area contributed by atoms with E-state index in [1.54, 1.807) is 30.3 Å². The van der Waals surface area contributed by atoms with Crippen molar-refractivity contribution in [3.63, 3.8) is 0 Å². The lowest BCUT2D eigenvalue weighted by Gasteiger charge is -1.99. The monoisotopic (exact) mass is 255 g/mol. The van der Waals surface area contributed by atoms with Gasteiger partial charge in [0.15, 0.2) is 0 Å². The number of phenolic OH excluding ortho intramolecular Hbond substituents is 1. The minimum absolute atomic E-state index is 0.0887. The number of thiophene rings is 1. The van der Waals surface area contributed by atoms with Crippen LogP contribution in [0.15, 0.2) is 40.6 Å². The first-order valence-electron chi connectivity index (χ1n) is 4.39. The van der Waals surface area contributed by atoms with E-state index in [1.165, 1.54) is 6.07 Å². The molecule has 3 N–H and O–H groups in total. The van der Waals surface area contributed by atoms with Crippen molar-refractivity contribution in [3.8, 4) is 16.2 Å². The fraction of sp³-hybridized carbons (Fsp3) is 0. The summed E-state index contributed by atoms with van der Waals surface area (Å²) in [5.74, 6) is 0.116. The predicted octanol–water partition coefficient (Wildman–Crippen LogP) is 1.77. The zero-order chi connectivity index (χ0) is 11.8. The van der Waals surface area contributed by atoms with Gasteiger partial charge in [-0.05, 0) is 24.3 Å². The zero-order valence-electron chi connectivity index (χ0n) is 8.12. The number of primary sulfonamides is 1. The van der Waals surface area contributed by atoms with E-state index in [0.717, 1.165) is 11.3 Å². The van der Waals surface area contributed by atoms with Crippen LogP contribution < -0.4 is 5.14 Å². The van der Waals surface area contributed by atoms with Gasteiger partial charge in [-0.25, -0.2) is 13.6 Å². The summed E-state index contributed by atoms with van der Waals surface area (Å²) in [6.45, 7) is 0. The number of hydrogen-bond donors (Lipinski definition) is 2. The van der Waals surface area contributed by atoms with Gasteiger partial charge >= 0.3 is 0 Å². The topological polar surface area (TPSA) is 80.4 Å². The van der Waals surface area contributed by atoms with E-state index in [1.807, 2.05) is 0 Å². The number of para-hydroxylation sites is 1. The number of nitrogens with two attached hydrogens (primary N) is 1. The Morgan fingerprint density at radius 3 is 2.38 bits per heavy atom. The van der Waals surface area contributed by atoms with Crippen LogP contribution in [-0.2, 0) is 10.0 Å². The van der Waals surface area contributed by atoms with Crippen molar-refractivity contribution in [2.24, 2.45) is 5.14 Å². The highest BCUT2D eigenvalue weighted by molar-refractivity contribution is 7.91. The lowest BCUT2D eigenvalue weighted by molar-refractivity contribution is 0.477. The maximum Gasteiger partial charge on any atom is 0.247 e. The van der Waals surface area contributed by atoms with E-state index in [2.05, 4.69) is 0 Å². The lowest BCUT2D eigenvalue weighted by atomic mass is 10.2. The SMILES string of the molecule is NS(=O)(=O)c1ccc(-c2ccccc2O)s1. The van der Waals surface area contributed by atoms with Gasteiger partial charge in [0.25, 0.3) is 0 Å². The molecule has 4 nitrogen and oxygen atoms in total. The van der Waals surface area contributed by atoms with Gasteiger partial charge in [0.1, 0.15) is 9.96 Å². The lowest BCUT2D eigenvalue weighted by Crippen LogP contribution is -2.09. The van der Waals surface area contributed by atoms with E-state index >= 15 is 0 Å². The predicted molar refractivity (Wildman–Crippen MR) is 62.8 cm³/mol. The van der Waals surface area contributed by atoms with Crippen molar-refractivity contribution < 1.29 is 13.5 Å². The molecule has 1 aromatic carbocycles. The molecule has 0 fully saturated rings. The third-order valence-corrected chi connectivity index (χ3v) is 4.59. The molecule has 6 heteroatoms. The van der Waals surface area contributed by atoms with Crippen LogP contribution >= 0.6 is 11.3 Å². The summed E-state index contributed by atoms with van der Waals surface area (Å²) in [7, 11) is -3.67. The third kappa shape index (κ3) is 2.08. The quantitative estimate of drug-likeness (QED) is 0.858. The number of hydrogen-bond acceptors (Lipinski definition) is 4. The summed E-state index contributed by atoms with van der Waals surface area (Å²) >= 11 is 1.03. The number of phenols is 1. The normalized spacial score (nSPS) is 11.6. The minimum Gasteiger partial charge on any atom is -0.507 e. The Labute approximate surface area is 97.0 Å². The molecule has 0 atom stereocenters. The number of aromatic hydroxyl groups is 1. The van der Waals surface area contributed by atoms with Crippen LogP contribution in [0.25, 0.3) is 10.4 Å².